The Balaban J connectivity index is 1.80. The first-order chi connectivity index (χ1) is 9.66. The fourth-order valence-electron chi connectivity index (χ4n) is 4.27. The van der Waals surface area contributed by atoms with Gasteiger partial charge in [-0.2, -0.15) is 0 Å². The maximum Gasteiger partial charge on any atom is 0.256 e. The molecule has 0 N–H and O–H groups in total. The normalized spacial score (nSPS) is 35.6. The third-order valence-corrected chi connectivity index (χ3v) is 5.30. The summed E-state index contributed by atoms with van der Waals surface area (Å²) in [7, 11) is 0. The van der Waals surface area contributed by atoms with E-state index >= 15 is 0 Å². The molecule has 1 aromatic rings. The van der Waals surface area contributed by atoms with Crippen molar-refractivity contribution in [3.63, 3.8) is 0 Å². The molecule has 0 aliphatic carbocycles. The van der Waals surface area contributed by atoms with Gasteiger partial charge in [-0.3, -0.25) is 4.79 Å². The molecule has 2 saturated heterocycles. The maximum absolute atomic E-state index is 13.0. The predicted molar refractivity (Wildman–Crippen MR) is 80.0 cm³/mol. The van der Waals surface area contributed by atoms with E-state index in [1.165, 1.54) is 6.42 Å². The van der Waals surface area contributed by atoms with Crippen LogP contribution >= 0.6 is 0 Å². The largest absolute Gasteiger partial charge is 0.362 e. The number of amides is 1. The predicted octanol–water partition coefficient (Wildman–Crippen LogP) is 2.91. The third-order valence-electron chi connectivity index (χ3n) is 5.30. The quantitative estimate of drug-likeness (QED) is 0.677. The lowest BCUT2D eigenvalue weighted by atomic mass is 9.99. The van der Waals surface area contributed by atoms with Gasteiger partial charge in [-0.05, 0) is 44.2 Å². The minimum absolute atomic E-state index is 0.249. The molecule has 0 radical (unpaired) electrons. The van der Waals surface area contributed by atoms with Gasteiger partial charge in [-0.1, -0.05) is 19.1 Å². The van der Waals surface area contributed by atoms with Crippen molar-refractivity contribution in [1.29, 1.82) is 0 Å². The second kappa shape index (κ2) is 4.24. The van der Waals surface area contributed by atoms with Crippen LogP contribution < -0.4 is 4.90 Å². The second-order valence-electron chi connectivity index (χ2n) is 6.78. The molecule has 2 fully saturated rings. The van der Waals surface area contributed by atoms with Crippen LogP contribution in [0.4, 0.5) is 5.69 Å². The molecule has 0 bridgehead atoms. The van der Waals surface area contributed by atoms with Gasteiger partial charge in [0.1, 0.15) is 0 Å². The highest BCUT2D eigenvalue weighted by Gasteiger charge is 2.50. The summed E-state index contributed by atoms with van der Waals surface area (Å²) < 4.78 is 0. The van der Waals surface area contributed by atoms with E-state index < -0.39 is 0 Å². The van der Waals surface area contributed by atoms with Gasteiger partial charge in [0.05, 0.1) is 17.6 Å². The Bertz CT molecular complexity index is 556. The highest BCUT2D eigenvalue weighted by atomic mass is 16.2. The van der Waals surface area contributed by atoms with Gasteiger partial charge in [-0.25, -0.2) is 0 Å². The van der Waals surface area contributed by atoms with E-state index in [1.54, 1.807) is 0 Å². The minimum Gasteiger partial charge on any atom is -0.362 e. The average Bonchev–Trinajstić information content (AvgIpc) is 3.22. The lowest BCUT2D eigenvalue weighted by Crippen LogP contribution is -2.47. The minimum atomic E-state index is 0.249. The van der Waals surface area contributed by atoms with Crippen molar-refractivity contribution in [2.24, 2.45) is 5.92 Å². The van der Waals surface area contributed by atoms with E-state index in [0.717, 1.165) is 36.6 Å². The van der Waals surface area contributed by atoms with Crippen LogP contribution in [0.25, 0.3) is 0 Å². The van der Waals surface area contributed by atoms with Gasteiger partial charge in [0, 0.05) is 18.3 Å². The smallest absolute Gasteiger partial charge is 0.256 e. The summed E-state index contributed by atoms with van der Waals surface area (Å²) in [6.07, 6.45) is 3.54. The molecule has 0 saturated carbocycles. The van der Waals surface area contributed by atoms with Crippen LogP contribution in [0, 0.1) is 5.92 Å². The molecule has 1 amide bonds. The molecule has 0 aromatic heterocycles. The standard InChI is InChI=1S/C17H22N2O/c1-11-7-8-15-16-10-18(16)14-6-4-3-5-13(14)17(20)19(15)12(2)9-11/h3-6,11-12,15-16H,7-10H2,1-2H3/t11-,12?,15+,16?,18?/m1/s1. The summed E-state index contributed by atoms with van der Waals surface area (Å²) in [5.41, 5.74) is 2.05. The monoisotopic (exact) mass is 270 g/mol. The Morgan fingerprint density at radius 3 is 2.75 bits per heavy atom. The molecule has 2 unspecified atom stereocenters. The van der Waals surface area contributed by atoms with Crippen LogP contribution in [-0.2, 0) is 0 Å². The molecule has 4 atom stereocenters. The Labute approximate surface area is 120 Å². The zero-order valence-corrected chi connectivity index (χ0v) is 12.2. The van der Waals surface area contributed by atoms with E-state index in [1.807, 2.05) is 18.2 Å². The van der Waals surface area contributed by atoms with Crippen molar-refractivity contribution in [3.8, 4) is 0 Å². The van der Waals surface area contributed by atoms with Gasteiger partial charge >= 0.3 is 0 Å². The summed E-state index contributed by atoms with van der Waals surface area (Å²) in [5, 5.41) is 0. The first-order valence-electron chi connectivity index (χ1n) is 7.85. The highest BCUT2D eigenvalue weighted by molar-refractivity contribution is 6.01. The molecule has 3 aliphatic heterocycles. The zero-order chi connectivity index (χ0) is 13.9. The lowest BCUT2D eigenvalue weighted by molar-refractivity contribution is 0.0599. The molecule has 3 aliphatic rings. The van der Waals surface area contributed by atoms with Crippen LogP contribution in [-0.4, -0.2) is 35.5 Å². The van der Waals surface area contributed by atoms with Crippen molar-refractivity contribution >= 4 is 11.6 Å². The number of hydrogen-bond donors (Lipinski definition) is 0. The van der Waals surface area contributed by atoms with Crippen LogP contribution in [0.15, 0.2) is 24.3 Å². The molecule has 3 heterocycles. The number of nitrogens with zero attached hydrogens (tertiary/aromatic N) is 2. The average molecular weight is 270 g/mol. The Morgan fingerprint density at radius 2 is 1.90 bits per heavy atom. The molecule has 0 spiro atoms. The molecular formula is C17H22N2O. The number of hydrogen-bond acceptors (Lipinski definition) is 2. The third kappa shape index (κ3) is 1.68. The Kier molecular flexibility index (Phi) is 2.60. The number of para-hydroxylation sites is 1. The van der Waals surface area contributed by atoms with E-state index in [4.69, 9.17) is 0 Å². The molecule has 1 aromatic carbocycles. The second-order valence-corrected chi connectivity index (χ2v) is 6.78. The van der Waals surface area contributed by atoms with Gasteiger partial charge in [0.25, 0.3) is 5.91 Å². The Morgan fingerprint density at radius 1 is 1.10 bits per heavy atom. The lowest BCUT2D eigenvalue weighted by Gasteiger charge is -2.33. The number of fused-ring (bicyclic) bond motifs is 5. The fourth-order valence-corrected chi connectivity index (χ4v) is 4.27. The van der Waals surface area contributed by atoms with Crippen LogP contribution in [0.3, 0.4) is 0 Å². The summed E-state index contributed by atoms with van der Waals surface area (Å²) in [6, 6.07) is 9.46. The Hall–Kier alpha value is -1.51. The first-order valence-corrected chi connectivity index (χ1v) is 7.85. The molecule has 3 nitrogen and oxygen atoms in total. The zero-order valence-electron chi connectivity index (χ0n) is 12.2. The number of rotatable bonds is 0. The number of carbonyl (C=O) groups is 1. The summed E-state index contributed by atoms with van der Waals surface area (Å²) in [4.78, 5) is 17.6. The number of benzene rings is 1. The maximum atomic E-state index is 13.0. The van der Waals surface area contributed by atoms with Gasteiger partial charge in [0.15, 0.2) is 0 Å². The number of anilines is 1. The van der Waals surface area contributed by atoms with E-state index in [9.17, 15) is 4.79 Å². The van der Waals surface area contributed by atoms with Crippen LogP contribution in [0.1, 0.15) is 43.5 Å². The van der Waals surface area contributed by atoms with Crippen molar-refractivity contribution in [3.05, 3.63) is 29.8 Å². The van der Waals surface area contributed by atoms with Gasteiger partial charge in [0.2, 0.25) is 0 Å². The molecule has 4 rings (SSSR count). The molecule has 106 valence electrons. The van der Waals surface area contributed by atoms with Crippen molar-refractivity contribution in [2.45, 2.75) is 51.2 Å². The summed E-state index contributed by atoms with van der Waals surface area (Å²) >= 11 is 0. The summed E-state index contributed by atoms with van der Waals surface area (Å²) in [6.45, 7) is 5.67. The van der Waals surface area contributed by atoms with Crippen molar-refractivity contribution < 1.29 is 4.79 Å². The SMILES string of the molecule is CC1C[C@H](C)CC[C@H]2C3CN3c3ccccc3C(=O)N12. The number of carbonyl (C=O) groups excluding carboxylic acids is 1. The fraction of sp³-hybridized carbons (Fsp3) is 0.588. The van der Waals surface area contributed by atoms with Crippen molar-refractivity contribution in [2.75, 3.05) is 11.4 Å². The van der Waals surface area contributed by atoms with Crippen LogP contribution in [0.5, 0.6) is 0 Å². The molecule has 3 heteroatoms. The van der Waals surface area contributed by atoms with E-state index in [-0.39, 0.29) is 5.91 Å². The van der Waals surface area contributed by atoms with Crippen LogP contribution in [0.2, 0.25) is 0 Å². The molecular weight excluding hydrogens is 248 g/mol. The van der Waals surface area contributed by atoms with E-state index in [2.05, 4.69) is 29.7 Å². The topological polar surface area (TPSA) is 23.3 Å². The summed E-state index contributed by atoms with van der Waals surface area (Å²) in [5.74, 6) is 0.978. The first kappa shape index (κ1) is 12.2. The van der Waals surface area contributed by atoms with Crippen molar-refractivity contribution in [1.82, 2.24) is 4.90 Å². The van der Waals surface area contributed by atoms with Gasteiger partial charge < -0.3 is 9.80 Å². The molecule has 20 heavy (non-hydrogen) atoms. The van der Waals surface area contributed by atoms with E-state index in [0.29, 0.717) is 18.1 Å². The highest BCUT2D eigenvalue weighted by Crippen LogP contribution is 2.42. The van der Waals surface area contributed by atoms with Gasteiger partial charge in [-0.15, -0.1) is 0 Å².